The second-order valence-electron chi connectivity index (χ2n) is 5.06. The topological polar surface area (TPSA) is 62.3 Å². The number of aromatic nitrogens is 1. The zero-order valence-corrected chi connectivity index (χ0v) is 12.8. The summed E-state index contributed by atoms with van der Waals surface area (Å²) in [7, 11) is 0. The molecule has 1 aliphatic heterocycles. The van der Waals surface area contributed by atoms with Crippen molar-refractivity contribution in [2.24, 2.45) is 5.92 Å². The Morgan fingerprint density at radius 3 is 2.82 bits per heavy atom. The first-order valence-electron chi connectivity index (χ1n) is 6.92. The molecule has 0 spiro atoms. The second-order valence-corrected chi connectivity index (χ2v) is 5.92. The van der Waals surface area contributed by atoms with Gasteiger partial charge in [-0.05, 0) is 12.8 Å². The molecule has 1 saturated heterocycles. The first-order chi connectivity index (χ1) is 10.3. The maximum Gasteiger partial charge on any atom is 0.434 e. The lowest BCUT2D eigenvalue weighted by molar-refractivity contribution is -0.140. The molecule has 0 radical (unpaired) electrons. The third-order valence-electron chi connectivity index (χ3n) is 3.47. The highest BCUT2D eigenvalue weighted by atomic mass is 32.1. The minimum atomic E-state index is -4.52. The van der Waals surface area contributed by atoms with Crippen LogP contribution in [0.25, 0.3) is 0 Å². The van der Waals surface area contributed by atoms with Crippen LogP contribution in [-0.4, -0.2) is 34.8 Å². The van der Waals surface area contributed by atoms with E-state index in [1.807, 2.05) is 0 Å². The average molecular weight is 335 g/mol. The average Bonchev–Trinajstić information content (AvgIpc) is 2.95. The van der Waals surface area contributed by atoms with Gasteiger partial charge in [0.2, 0.25) is 11.8 Å². The van der Waals surface area contributed by atoms with E-state index < -0.39 is 23.7 Å². The lowest BCUT2D eigenvalue weighted by atomic mass is 9.97. The van der Waals surface area contributed by atoms with Crippen molar-refractivity contribution < 1.29 is 22.8 Å². The number of hydrogen-bond acceptors (Lipinski definition) is 4. The summed E-state index contributed by atoms with van der Waals surface area (Å²) in [6, 6.07) is 0. The van der Waals surface area contributed by atoms with Crippen molar-refractivity contribution >= 4 is 28.3 Å². The van der Waals surface area contributed by atoms with Gasteiger partial charge in [0.15, 0.2) is 10.8 Å². The largest absolute Gasteiger partial charge is 0.434 e. The number of amides is 2. The van der Waals surface area contributed by atoms with E-state index in [4.69, 9.17) is 0 Å². The van der Waals surface area contributed by atoms with Crippen molar-refractivity contribution in [3.63, 3.8) is 0 Å². The number of nitrogens with one attached hydrogen (secondary N) is 1. The first-order valence-corrected chi connectivity index (χ1v) is 7.80. The monoisotopic (exact) mass is 335 g/mol. The van der Waals surface area contributed by atoms with Gasteiger partial charge in [-0.15, -0.1) is 11.3 Å². The molecule has 2 rings (SSSR count). The molecule has 122 valence electrons. The Labute approximate surface area is 129 Å². The van der Waals surface area contributed by atoms with Crippen LogP contribution in [0.5, 0.6) is 0 Å². The number of halogens is 3. The van der Waals surface area contributed by atoms with Gasteiger partial charge < -0.3 is 10.2 Å². The SMILES string of the molecule is CCC(=O)N1CCC[C@H](C(=O)Nc2nc(C(F)(F)F)cs2)C1. The molecule has 0 unspecified atom stereocenters. The highest BCUT2D eigenvalue weighted by Gasteiger charge is 2.34. The van der Waals surface area contributed by atoms with E-state index in [1.165, 1.54) is 0 Å². The Balaban J connectivity index is 1.97. The quantitative estimate of drug-likeness (QED) is 0.924. The normalized spacial score (nSPS) is 19.1. The summed E-state index contributed by atoms with van der Waals surface area (Å²) < 4.78 is 37.4. The van der Waals surface area contributed by atoms with E-state index in [0.717, 1.165) is 16.7 Å². The minimum absolute atomic E-state index is 0.0221. The Morgan fingerprint density at radius 1 is 1.50 bits per heavy atom. The summed E-state index contributed by atoms with van der Waals surface area (Å²) in [6.45, 7) is 2.67. The van der Waals surface area contributed by atoms with Crippen LogP contribution >= 0.6 is 11.3 Å². The molecule has 0 aromatic carbocycles. The minimum Gasteiger partial charge on any atom is -0.342 e. The van der Waals surface area contributed by atoms with Crippen molar-refractivity contribution in [3.8, 4) is 0 Å². The van der Waals surface area contributed by atoms with Gasteiger partial charge in [0, 0.05) is 24.9 Å². The fraction of sp³-hybridized carbons (Fsp3) is 0.615. The number of hydrogen-bond donors (Lipinski definition) is 1. The molecule has 0 saturated carbocycles. The maximum atomic E-state index is 12.5. The molecule has 0 bridgehead atoms. The zero-order valence-electron chi connectivity index (χ0n) is 11.9. The van der Waals surface area contributed by atoms with Crippen molar-refractivity contribution in [1.29, 1.82) is 0 Å². The fourth-order valence-electron chi connectivity index (χ4n) is 2.31. The molecule has 1 N–H and O–H groups in total. The maximum absolute atomic E-state index is 12.5. The zero-order chi connectivity index (χ0) is 16.3. The summed E-state index contributed by atoms with van der Waals surface area (Å²) in [4.78, 5) is 28.8. The van der Waals surface area contributed by atoms with Gasteiger partial charge in [-0.1, -0.05) is 6.92 Å². The molecular formula is C13H16F3N3O2S. The lowest BCUT2D eigenvalue weighted by Crippen LogP contribution is -2.43. The molecule has 1 aromatic heterocycles. The summed E-state index contributed by atoms with van der Waals surface area (Å²) in [5.41, 5.74) is -1.01. The van der Waals surface area contributed by atoms with Gasteiger partial charge in [0.25, 0.3) is 0 Å². The number of thiazole rings is 1. The predicted octanol–water partition coefficient (Wildman–Crippen LogP) is 2.75. The van der Waals surface area contributed by atoms with Crippen molar-refractivity contribution in [3.05, 3.63) is 11.1 Å². The van der Waals surface area contributed by atoms with E-state index in [9.17, 15) is 22.8 Å². The first kappa shape index (κ1) is 16.7. The number of carbonyl (C=O) groups excluding carboxylic acids is 2. The molecule has 1 fully saturated rings. The molecular weight excluding hydrogens is 319 g/mol. The highest BCUT2D eigenvalue weighted by molar-refractivity contribution is 7.13. The van der Waals surface area contributed by atoms with E-state index in [0.29, 0.717) is 32.4 Å². The molecule has 1 atom stereocenters. The van der Waals surface area contributed by atoms with Crippen LogP contribution in [0.3, 0.4) is 0 Å². The van der Waals surface area contributed by atoms with Crippen LogP contribution in [0, 0.1) is 5.92 Å². The molecule has 2 amide bonds. The molecule has 2 heterocycles. The predicted molar refractivity (Wildman–Crippen MR) is 75.3 cm³/mol. The summed E-state index contributed by atoms with van der Waals surface area (Å²) in [6.07, 6.45) is -2.84. The Kier molecular flexibility index (Phi) is 5.05. The van der Waals surface area contributed by atoms with Gasteiger partial charge in [-0.3, -0.25) is 9.59 Å². The van der Waals surface area contributed by atoms with Gasteiger partial charge in [0.1, 0.15) is 0 Å². The molecule has 1 aliphatic rings. The highest BCUT2D eigenvalue weighted by Crippen LogP contribution is 2.32. The molecule has 0 aliphatic carbocycles. The molecule has 1 aromatic rings. The van der Waals surface area contributed by atoms with E-state index >= 15 is 0 Å². The van der Waals surface area contributed by atoms with Crippen molar-refractivity contribution in [1.82, 2.24) is 9.88 Å². The number of carbonyl (C=O) groups is 2. The van der Waals surface area contributed by atoms with Crippen LogP contribution < -0.4 is 5.32 Å². The van der Waals surface area contributed by atoms with E-state index in [2.05, 4.69) is 10.3 Å². The Hall–Kier alpha value is -1.64. The number of anilines is 1. The number of rotatable bonds is 3. The standard InChI is InChI=1S/C13H16F3N3O2S/c1-2-10(20)19-5-3-4-8(6-19)11(21)18-12-17-9(7-22-12)13(14,15)16/h7-8H,2-6H2,1H3,(H,17,18,21)/t8-/m0/s1. The summed E-state index contributed by atoms with van der Waals surface area (Å²) in [5.74, 6) is -0.828. The summed E-state index contributed by atoms with van der Waals surface area (Å²) >= 11 is 0.737. The summed E-state index contributed by atoms with van der Waals surface area (Å²) in [5, 5.41) is 3.20. The van der Waals surface area contributed by atoms with Gasteiger partial charge in [0.05, 0.1) is 5.92 Å². The van der Waals surface area contributed by atoms with Gasteiger partial charge >= 0.3 is 6.18 Å². The van der Waals surface area contributed by atoms with Gasteiger partial charge in [-0.25, -0.2) is 4.98 Å². The number of piperidine rings is 1. The van der Waals surface area contributed by atoms with Gasteiger partial charge in [-0.2, -0.15) is 13.2 Å². The third kappa shape index (κ3) is 3.96. The van der Waals surface area contributed by atoms with Crippen LogP contribution in [0.1, 0.15) is 31.9 Å². The number of likely N-dealkylation sites (tertiary alicyclic amines) is 1. The van der Waals surface area contributed by atoms with Crippen molar-refractivity contribution in [2.75, 3.05) is 18.4 Å². The smallest absolute Gasteiger partial charge is 0.342 e. The third-order valence-corrected chi connectivity index (χ3v) is 4.23. The van der Waals surface area contributed by atoms with Crippen LogP contribution in [-0.2, 0) is 15.8 Å². The van der Waals surface area contributed by atoms with Crippen LogP contribution in [0.2, 0.25) is 0 Å². The second kappa shape index (κ2) is 6.64. The molecule has 9 heteroatoms. The number of nitrogens with zero attached hydrogens (tertiary/aromatic N) is 2. The molecule has 22 heavy (non-hydrogen) atoms. The van der Waals surface area contributed by atoms with E-state index in [1.54, 1.807) is 11.8 Å². The Bertz CT molecular complexity index is 559. The van der Waals surface area contributed by atoms with Crippen LogP contribution in [0.4, 0.5) is 18.3 Å². The Morgan fingerprint density at radius 2 is 2.23 bits per heavy atom. The van der Waals surface area contributed by atoms with E-state index in [-0.39, 0.29) is 11.0 Å². The number of alkyl halides is 3. The van der Waals surface area contributed by atoms with Crippen LogP contribution in [0.15, 0.2) is 5.38 Å². The lowest BCUT2D eigenvalue weighted by Gasteiger charge is -2.31. The molecule has 5 nitrogen and oxygen atoms in total. The van der Waals surface area contributed by atoms with Crippen molar-refractivity contribution in [2.45, 2.75) is 32.4 Å². The fourth-order valence-corrected chi connectivity index (χ4v) is 3.03.